The minimum atomic E-state index is 0.0380. The number of hydrogen-bond acceptors (Lipinski definition) is 3. The molecule has 5 nitrogen and oxygen atoms in total. The Balaban J connectivity index is 2.18. The molecule has 1 amide bonds. The molecule has 0 aliphatic rings. The number of hydrogen-bond donors (Lipinski definition) is 2. The Bertz CT molecular complexity index is 300. The molecule has 1 heterocycles. The van der Waals surface area contributed by atoms with Crippen molar-refractivity contribution in [2.75, 3.05) is 6.54 Å². The number of carbonyl (C=O) groups excluding carboxylic acids is 1. The van der Waals surface area contributed by atoms with Crippen LogP contribution in [0, 0.1) is 5.41 Å². The van der Waals surface area contributed by atoms with E-state index in [9.17, 15) is 4.79 Å². The van der Waals surface area contributed by atoms with Gasteiger partial charge in [-0.15, -0.1) is 0 Å². The largest absolute Gasteiger partial charge is 0.356 e. The zero-order chi connectivity index (χ0) is 11.3. The van der Waals surface area contributed by atoms with Crippen molar-refractivity contribution in [1.29, 1.82) is 0 Å². The number of nitrogens with one attached hydrogen (secondary N) is 2. The van der Waals surface area contributed by atoms with Gasteiger partial charge in [-0.1, -0.05) is 20.8 Å². The Morgan fingerprint density at radius 3 is 2.80 bits per heavy atom. The highest BCUT2D eigenvalue weighted by Gasteiger charge is 2.15. The first kappa shape index (κ1) is 11.7. The van der Waals surface area contributed by atoms with Crippen LogP contribution in [0.2, 0.25) is 0 Å². The van der Waals surface area contributed by atoms with Gasteiger partial charge in [-0.2, -0.15) is 5.10 Å². The summed E-state index contributed by atoms with van der Waals surface area (Å²) in [5.41, 5.74) is 0.0380. The van der Waals surface area contributed by atoms with Gasteiger partial charge in [0.05, 0.1) is 0 Å². The highest BCUT2D eigenvalue weighted by molar-refractivity contribution is 5.76. The summed E-state index contributed by atoms with van der Waals surface area (Å²) in [6, 6.07) is 0. The first-order chi connectivity index (χ1) is 6.97. The Labute approximate surface area is 89.7 Å². The Hall–Kier alpha value is -1.39. The molecule has 0 fully saturated rings. The lowest BCUT2D eigenvalue weighted by molar-refractivity contribution is -0.122. The van der Waals surface area contributed by atoms with E-state index in [4.69, 9.17) is 0 Å². The van der Waals surface area contributed by atoms with Gasteiger partial charge in [-0.3, -0.25) is 9.89 Å². The lowest BCUT2D eigenvalue weighted by Crippen LogP contribution is -2.29. The first-order valence-corrected chi connectivity index (χ1v) is 5.08. The van der Waals surface area contributed by atoms with E-state index < -0.39 is 0 Å². The van der Waals surface area contributed by atoms with Crippen LogP contribution in [0.5, 0.6) is 0 Å². The van der Waals surface area contributed by atoms with Gasteiger partial charge in [0.2, 0.25) is 5.91 Å². The third-order valence-corrected chi connectivity index (χ3v) is 1.84. The fourth-order valence-electron chi connectivity index (χ4n) is 1.22. The Morgan fingerprint density at radius 2 is 2.27 bits per heavy atom. The molecule has 84 valence electrons. The fourth-order valence-corrected chi connectivity index (χ4v) is 1.22. The third-order valence-electron chi connectivity index (χ3n) is 1.84. The maximum atomic E-state index is 11.4. The van der Waals surface area contributed by atoms with Crippen molar-refractivity contribution in [3.63, 3.8) is 0 Å². The van der Waals surface area contributed by atoms with Crippen molar-refractivity contribution < 1.29 is 4.79 Å². The summed E-state index contributed by atoms with van der Waals surface area (Å²) < 4.78 is 0. The average molecular weight is 210 g/mol. The summed E-state index contributed by atoms with van der Waals surface area (Å²) in [6.07, 6.45) is 2.70. The Kier molecular flexibility index (Phi) is 3.82. The standard InChI is InChI=1S/C10H18N4O/c1-10(2,3)6-9(15)11-5-4-8-12-7-13-14-8/h7H,4-6H2,1-3H3,(H,11,15)(H,12,13,14). The molecule has 0 bridgehead atoms. The number of rotatable bonds is 4. The molecular weight excluding hydrogens is 192 g/mol. The van der Waals surface area contributed by atoms with Crippen molar-refractivity contribution in [2.45, 2.75) is 33.6 Å². The van der Waals surface area contributed by atoms with E-state index in [1.54, 1.807) is 0 Å². The number of nitrogens with zero attached hydrogens (tertiary/aromatic N) is 2. The Morgan fingerprint density at radius 1 is 1.53 bits per heavy atom. The van der Waals surface area contributed by atoms with Gasteiger partial charge >= 0.3 is 0 Å². The molecule has 0 radical (unpaired) electrons. The highest BCUT2D eigenvalue weighted by Crippen LogP contribution is 2.17. The monoisotopic (exact) mass is 210 g/mol. The second-order valence-corrected chi connectivity index (χ2v) is 4.77. The predicted octanol–water partition coefficient (Wildman–Crippen LogP) is 0.900. The van der Waals surface area contributed by atoms with Crippen molar-refractivity contribution in [3.8, 4) is 0 Å². The number of aromatic amines is 1. The van der Waals surface area contributed by atoms with Crippen LogP contribution in [0.1, 0.15) is 33.0 Å². The SMILES string of the molecule is CC(C)(C)CC(=O)NCCc1ncn[nH]1. The summed E-state index contributed by atoms with van der Waals surface area (Å²) in [5.74, 6) is 0.882. The van der Waals surface area contributed by atoms with Crippen LogP contribution in [0.3, 0.4) is 0 Å². The van der Waals surface area contributed by atoms with E-state index in [1.807, 2.05) is 20.8 Å². The lowest BCUT2D eigenvalue weighted by Gasteiger charge is -2.16. The van der Waals surface area contributed by atoms with Gasteiger partial charge in [-0.05, 0) is 5.41 Å². The van der Waals surface area contributed by atoms with E-state index in [0.717, 1.165) is 5.82 Å². The minimum absolute atomic E-state index is 0.0380. The number of H-pyrrole nitrogens is 1. The molecular formula is C10H18N4O. The van der Waals surface area contributed by atoms with E-state index in [1.165, 1.54) is 6.33 Å². The molecule has 0 saturated heterocycles. The van der Waals surface area contributed by atoms with Crippen LogP contribution in [0.15, 0.2) is 6.33 Å². The average Bonchev–Trinajstić information content (AvgIpc) is 2.53. The smallest absolute Gasteiger partial charge is 0.220 e. The summed E-state index contributed by atoms with van der Waals surface area (Å²) in [5, 5.41) is 9.33. The number of aromatic nitrogens is 3. The lowest BCUT2D eigenvalue weighted by atomic mass is 9.92. The zero-order valence-electron chi connectivity index (χ0n) is 9.50. The van der Waals surface area contributed by atoms with Crippen molar-refractivity contribution in [3.05, 3.63) is 12.2 Å². The zero-order valence-corrected chi connectivity index (χ0v) is 9.50. The highest BCUT2D eigenvalue weighted by atomic mass is 16.1. The van der Waals surface area contributed by atoms with Gasteiger partial charge in [-0.25, -0.2) is 4.98 Å². The van der Waals surface area contributed by atoms with Crippen LogP contribution in [-0.2, 0) is 11.2 Å². The van der Waals surface area contributed by atoms with E-state index in [2.05, 4.69) is 20.5 Å². The van der Waals surface area contributed by atoms with Crippen LogP contribution in [-0.4, -0.2) is 27.6 Å². The first-order valence-electron chi connectivity index (χ1n) is 5.08. The number of carbonyl (C=O) groups is 1. The van der Waals surface area contributed by atoms with Gasteiger partial charge in [0, 0.05) is 19.4 Å². The molecule has 2 N–H and O–H groups in total. The fraction of sp³-hybridized carbons (Fsp3) is 0.700. The molecule has 1 rings (SSSR count). The summed E-state index contributed by atoms with van der Waals surface area (Å²) in [4.78, 5) is 15.4. The van der Waals surface area contributed by atoms with Crippen LogP contribution in [0.4, 0.5) is 0 Å². The van der Waals surface area contributed by atoms with Crippen molar-refractivity contribution >= 4 is 5.91 Å². The summed E-state index contributed by atoms with van der Waals surface area (Å²) in [6.45, 7) is 6.74. The molecule has 5 heteroatoms. The quantitative estimate of drug-likeness (QED) is 0.775. The molecule has 0 saturated carbocycles. The van der Waals surface area contributed by atoms with Gasteiger partial charge in [0.25, 0.3) is 0 Å². The number of amides is 1. The molecule has 0 spiro atoms. The molecule has 0 unspecified atom stereocenters. The third kappa shape index (κ3) is 5.15. The molecule has 0 aromatic carbocycles. The van der Waals surface area contributed by atoms with Crippen LogP contribution >= 0.6 is 0 Å². The van der Waals surface area contributed by atoms with E-state index in [-0.39, 0.29) is 11.3 Å². The summed E-state index contributed by atoms with van der Waals surface area (Å²) >= 11 is 0. The topological polar surface area (TPSA) is 70.7 Å². The van der Waals surface area contributed by atoms with Crippen LogP contribution in [0.25, 0.3) is 0 Å². The van der Waals surface area contributed by atoms with E-state index in [0.29, 0.717) is 19.4 Å². The van der Waals surface area contributed by atoms with Gasteiger partial charge in [0.15, 0.2) is 0 Å². The normalized spacial score (nSPS) is 11.4. The van der Waals surface area contributed by atoms with Gasteiger partial charge in [0.1, 0.15) is 12.2 Å². The summed E-state index contributed by atoms with van der Waals surface area (Å²) in [7, 11) is 0. The molecule has 1 aromatic rings. The van der Waals surface area contributed by atoms with Crippen molar-refractivity contribution in [2.24, 2.45) is 5.41 Å². The van der Waals surface area contributed by atoms with Gasteiger partial charge < -0.3 is 5.32 Å². The molecule has 0 aliphatic carbocycles. The minimum Gasteiger partial charge on any atom is -0.356 e. The maximum Gasteiger partial charge on any atom is 0.220 e. The maximum absolute atomic E-state index is 11.4. The predicted molar refractivity (Wildman–Crippen MR) is 57.2 cm³/mol. The molecule has 0 aliphatic heterocycles. The molecule has 1 aromatic heterocycles. The van der Waals surface area contributed by atoms with Crippen molar-refractivity contribution in [1.82, 2.24) is 20.5 Å². The second kappa shape index (κ2) is 4.91. The molecule has 15 heavy (non-hydrogen) atoms. The molecule has 0 atom stereocenters. The van der Waals surface area contributed by atoms with E-state index >= 15 is 0 Å². The second-order valence-electron chi connectivity index (χ2n) is 4.77. The van der Waals surface area contributed by atoms with Crippen LogP contribution < -0.4 is 5.32 Å².